The predicted molar refractivity (Wildman–Crippen MR) is 122 cm³/mol. The topological polar surface area (TPSA) is 74.4 Å². The standard InChI is InChI=1S/C24H24F3N5O2/c1-15-13-32(21-10-22(33)30(3)20-9-6-18(11-28)29-23(20)21)16(2)12-31(15)14-17-4-7-19(8-5-17)34-24(25,26)27/h4-10,15-16H,12-14H2,1-3H3/t15-,16+/m1/s1. The van der Waals surface area contributed by atoms with Gasteiger partial charge in [-0.1, -0.05) is 12.1 Å². The van der Waals surface area contributed by atoms with Crippen molar-refractivity contribution in [2.75, 3.05) is 18.0 Å². The van der Waals surface area contributed by atoms with Gasteiger partial charge in [-0.2, -0.15) is 5.26 Å². The molecule has 7 nitrogen and oxygen atoms in total. The fourth-order valence-corrected chi connectivity index (χ4v) is 4.38. The molecule has 1 aliphatic rings. The van der Waals surface area contributed by atoms with Gasteiger partial charge in [-0.05, 0) is 43.7 Å². The summed E-state index contributed by atoms with van der Waals surface area (Å²) in [6, 6.07) is 13.0. The Morgan fingerprint density at radius 2 is 1.82 bits per heavy atom. The number of piperazine rings is 1. The summed E-state index contributed by atoms with van der Waals surface area (Å²) in [5.74, 6) is -0.246. The maximum Gasteiger partial charge on any atom is 0.573 e. The number of aryl methyl sites for hydroxylation is 1. The van der Waals surface area contributed by atoms with Crippen molar-refractivity contribution in [3.63, 3.8) is 0 Å². The summed E-state index contributed by atoms with van der Waals surface area (Å²) in [5.41, 5.74) is 2.96. The quantitative estimate of drug-likeness (QED) is 0.576. The minimum absolute atomic E-state index is 0.0342. The maximum atomic E-state index is 12.6. The predicted octanol–water partition coefficient (Wildman–Crippen LogP) is 3.80. The van der Waals surface area contributed by atoms with Gasteiger partial charge in [-0.25, -0.2) is 4.98 Å². The number of fused-ring (bicyclic) bond motifs is 1. The van der Waals surface area contributed by atoms with E-state index in [1.807, 2.05) is 0 Å². The summed E-state index contributed by atoms with van der Waals surface area (Å²) in [7, 11) is 1.68. The Balaban J connectivity index is 1.56. The van der Waals surface area contributed by atoms with Crippen LogP contribution in [0.5, 0.6) is 5.75 Å². The maximum absolute atomic E-state index is 12.6. The van der Waals surface area contributed by atoms with Gasteiger partial charge in [0.15, 0.2) is 0 Å². The Kier molecular flexibility index (Phi) is 6.23. The molecule has 178 valence electrons. The molecule has 1 aromatic carbocycles. The molecule has 0 amide bonds. The van der Waals surface area contributed by atoms with Crippen molar-refractivity contribution in [2.45, 2.75) is 38.8 Å². The van der Waals surface area contributed by atoms with Crippen LogP contribution >= 0.6 is 0 Å². The fraction of sp³-hybridized carbons (Fsp3) is 0.375. The number of aromatic nitrogens is 2. The number of hydrogen-bond acceptors (Lipinski definition) is 6. The van der Waals surface area contributed by atoms with Gasteiger partial charge in [0.1, 0.15) is 23.0 Å². The number of rotatable bonds is 4. The Labute approximate surface area is 194 Å². The average Bonchev–Trinajstić information content (AvgIpc) is 2.78. The molecule has 0 aliphatic carbocycles. The summed E-state index contributed by atoms with van der Waals surface area (Å²) >= 11 is 0. The number of pyridine rings is 2. The van der Waals surface area contributed by atoms with Crippen molar-refractivity contribution in [3.05, 3.63) is 64.1 Å². The Morgan fingerprint density at radius 3 is 2.47 bits per heavy atom. The first kappa shape index (κ1) is 23.6. The molecular weight excluding hydrogens is 447 g/mol. The van der Waals surface area contributed by atoms with E-state index < -0.39 is 6.36 Å². The molecular formula is C24H24F3N5O2. The molecule has 2 aromatic heterocycles. The highest BCUT2D eigenvalue weighted by Crippen LogP contribution is 2.30. The average molecular weight is 471 g/mol. The summed E-state index contributed by atoms with van der Waals surface area (Å²) in [6.07, 6.45) is -4.72. The summed E-state index contributed by atoms with van der Waals surface area (Å²) in [4.78, 5) is 21.5. The van der Waals surface area contributed by atoms with Crippen LogP contribution in [0.4, 0.5) is 18.9 Å². The van der Waals surface area contributed by atoms with Crippen molar-refractivity contribution in [1.29, 1.82) is 5.26 Å². The second-order valence-corrected chi connectivity index (χ2v) is 8.57. The summed E-state index contributed by atoms with van der Waals surface area (Å²) in [6.45, 7) is 5.99. The Bertz CT molecular complexity index is 1300. The van der Waals surface area contributed by atoms with Gasteiger partial charge in [-0.15, -0.1) is 13.2 Å². The summed E-state index contributed by atoms with van der Waals surface area (Å²) < 4.78 is 42.6. The molecule has 0 N–H and O–H groups in total. The highest BCUT2D eigenvalue weighted by molar-refractivity contribution is 5.89. The molecule has 0 spiro atoms. The van der Waals surface area contributed by atoms with Crippen molar-refractivity contribution in [2.24, 2.45) is 7.05 Å². The van der Waals surface area contributed by atoms with Crippen LogP contribution in [0.3, 0.4) is 0 Å². The van der Waals surface area contributed by atoms with E-state index in [2.05, 4.69) is 39.4 Å². The van der Waals surface area contributed by atoms with Gasteiger partial charge in [0, 0.05) is 44.8 Å². The summed E-state index contributed by atoms with van der Waals surface area (Å²) in [5, 5.41) is 9.30. The number of benzene rings is 1. The minimum Gasteiger partial charge on any atom is -0.406 e. The lowest BCUT2D eigenvalue weighted by Crippen LogP contribution is -2.56. The van der Waals surface area contributed by atoms with Gasteiger partial charge in [0.2, 0.25) is 0 Å². The fourth-order valence-electron chi connectivity index (χ4n) is 4.38. The lowest BCUT2D eigenvalue weighted by molar-refractivity contribution is -0.274. The molecule has 34 heavy (non-hydrogen) atoms. The van der Waals surface area contributed by atoms with E-state index >= 15 is 0 Å². The van der Waals surface area contributed by atoms with Gasteiger partial charge in [-0.3, -0.25) is 9.69 Å². The molecule has 0 unspecified atom stereocenters. The molecule has 1 saturated heterocycles. The molecule has 1 fully saturated rings. The smallest absolute Gasteiger partial charge is 0.406 e. The third kappa shape index (κ3) is 4.84. The Hall–Kier alpha value is -3.58. The van der Waals surface area contributed by atoms with Crippen LogP contribution in [0.25, 0.3) is 11.0 Å². The van der Waals surface area contributed by atoms with Gasteiger partial charge in [0.05, 0.1) is 11.2 Å². The van der Waals surface area contributed by atoms with Crippen LogP contribution in [0, 0.1) is 11.3 Å². The molecule has 0 saturated carbocycles. The van der Waals surface area contributed by atoms with E-state index in [-0.39, 0.29) is 29.1 Å². The van der Waals surface area contributed by atoms with Gasteiger partial charge in [0.25, 0.3) is 5.56 Å². The first-order chi connectivity index (χ1) is 16.1. The first-order valence-corrected chi connectivity index (χ1v) is 10.8. The van der Waals surface area contributed by atoms with Crippen LogP contribution in [0.15, 0.2) is 47.3 Å². The van der Waals surface area contributed by atoms with E-state index in [4.69, 9.17) is 0 Å². The van der Waals surface area contributed by atoms with Crippen LogP contribution < -0.4 is 15.2 Å². The number of alkyl halides is 3. The molecule has 10 heteroatoms. The van der Waals surface area contributed by atoms with Crippen LogP contribution in [-0.2, 0) is 13.6 Å². The van der Waals surface area contributed by atoms with Crippen LogP contribution in [0.1, 0.15) is 25.1 Å². The molecule has 0 bridgehead atoms. The number of nitrogens with zero attached hydrogens (tertiary/aromatic N) is 5. The van der Waals surface area contributed by atoms with Gasteiger partial charge >= 0.3 is 6.36 Å². The number of ether oxygens (including phenoxy) is 1. The molecule has 2 atom stereocenters. The van der Waals surface area contributed by atoms with Crippen molar-refractivity contribution in [3.8, 4) is 11.8 Å². The molecule has 0 radical (unpaired) electrons. The van der Waals surface area contributed by atoms with Crippen molar-refractivity contribution >= 4 is 16.7 Å². The second-order valence-electron chi connectivity index (χ2n) is 8.57. The van der Waals surface area contributed by atoms with Crippen LogP contribution in [-0.4, -0.2) is 46.0 Å². The highest BCUT2D eigenvalue weighted by Gasteiger charge is 2.32. The minimum atomic E-state index is -4.72. The van der Waals surface area contributed by atoms with Crippen LogP contribution in [0.2, 0.25) is 0 Å². The van der Waals surface area contributed by atoms with E-state index in [1.54, 1.807) is 37.4 Å². The Morgan fingerprint density at radius 1 is 1.12 bits per heavy atom. The zero-order valence-corrected chi connectivity index (χ0v) is 19.0. The number of halogens is 3. The third-order valence-electron chi connectivity index (χ3n) is 6.15. The first-order valence-electron chi connectivity index (χ1n) is 10.8. The largest absolute Gasteiger partial charge is 0.573 e. The van der Waals surface area contributed by atoms with E-state index in [9.17, 15) is 23.2 Å². The highest BCUT2D eigenvalue weighted by atomic mass is 19.4. The monoisotopic (exact) mass is 471 g/mol. The number of hydrogen-bond donors (Lipinski definition) is 0. The molecule has 3 aromatic rings. The lowest BCUT2D eigenvalue weighted by Gasteiger charge is -2.45. The van der Waals surface area contributed by atoms with Crippen molar-refractivity contribution < 1.29 is 17.9 Å². The van der Waals surface area contributed by atoms with E-state index in [1.165, 1.54) is 16.7 Å². The zero-order chi connectivity index (χ0) is 24.6. The van der Waals surface area contributed by atoms with E-state index in [0.29, 0.717) is 36.4 Å². The lowest BCUT2D eigenvalue weighted by atomic mass is 10.0. The molecule has 3 heterocycles. The normalized spacial score (nSPS) is 19.3. The van der Waals surface area contributed by atoms with E-state index in [0.717, 1.165) is 5.56 Å². The molecule has 1 aliphatic heterocycles. The number of anilines is 1. The van der Waals surface area contributed by atoms with Crippen molar-refractivity contribution in [1.82, 2.24) is 14.5 Å². The second kappa shape index (κ2) is 8.99. The number of nitriles is 1. The molecule has 4 rings (SSSR count). The third-order valence-corrected chi connectivity index (χ3v) is 6.15. The SMILES string of the molecule is C[C@@H]1CN(c2cc(=O)n(C)c3ccc(C#N)nc23)[C@@H](C)CN1Cc1ccc(OC(F)(F)F)cc1. The zero-order valence-electron chi connectivity index (χ0n) is 19.0. The van der Waals surface area contributed by atoms with Gasteiger partial charge < -0.3 is 14.2 Å².